The fraction of sp³-hybridized carbons (Fsp3) is 0.444. The van der Waals surface area contributed by atoms with Gasteiger partial charge in [0.2, 0.25) is 0 Å². The van der Waals surface area contributed by atoms with E-state index in [1.807, 2.05) is 51.1 Å². The van der Waals surface area contributed by atoms with Gasteiger partial charge in [0.25, 0.3) is 0 Å². The van der Waals surface area contributed by atoms with Crippen molar-refractivity contribution in [1.82, 2.24) is 9.71 Å². The Hall–Kier alpha value is -1.57. The average Bonchev–Trinajstić information content (AvgIpc) is 3.04. The highest BCUT2D eigenvalue weighted by Gasteiger charge is 2.26. The number of nitrogens with one attached hydrogen (secondary N) is 1. The normalized spacial score (nSPS) is 14.1. The fourth-order valence-corrected chi connectivity index (χ4v) is 3.82. The van der Waals surface area contributed by atoms with Crippen LogP contribution in [0.1, 0.15) is 54.0 Å². The fourth-order valence-electron chi connectivity index (χ4n) is 2.08. The molecule has 2 atom stereocenters. The molecule has 0 saturated carbocycles. The van der Waals surface area contributed by atoms with Gasteiger partial charge in [0.1, 0.15) is 9.88 Å². The van der Waals surface area contributed by atoms with Gasteiger partial charge in [-0.2, -0.15) is 0 Å². The minimum Gasteiger partial charge on any atom is -0.462 e. The second-order valence-electron chi connectivity index (χ2n) is 6.52. The van der Waals surface area contributed by atoms with E-state index >= 15 is 0 Å². The Labute approximate surface area is 155 Å². The molecule has 0 aliphatic rings. The smallest absolute Gasteiger partial charge is 0.349 e. The molecule has 136 valence electrons. The van der Waals surface area contributed by atoms with E-state index < -0.39 is 15.7 Å². The lowest BCUT2D eigenvalue weighted by molar-refractivity contribution is 0.0532. The van der Waals surface area contributed by atoms with Crippen molar-refractivity contribution in [3.63, 3.8) is 0 Å². The summed E-state index contributed by atoms with van der Waals surface area (Å²) in [7, 11) is -1.25. The number of thiazole rings is 1. The van der Waals surface area contributed by atoms with Crippen LogP contribution in [0, 0.1) is 0 Å². The summed E-state index contributed by atoms with van der Waals surface area (Å²) in [5.41, 5.74) is 1.11. The topological polar surface area (TPSA) is 68.3 Å². The number of nitrogens with zero attached hydrogens (tertiary/aromatic N) is 1. The number of aromatic nitrogens is 1. The van der Waals surface area contributed by atoms with Crippen molar-refractivity contribution < 1.29 is 13.7 Å². The third-order valence-electron chi connectivity index (χ3n) is 3.39. The van der Waals surface area contributed by atoms with Gasteiger partial charge in [-0.15, -0.1) is 11.3 Å². The van der Waals surface area contributed by atoms with E-state index in [1.54, 1.807) is 6.92 Å². The van der Waals surface area contributed by atoms with Crippen molar-refractivity contribution in [1.29, 1.82) is 0 Å². The molecule has 1 N–H and O–H groups in total. The maximum Gasteiger partial charge on any atom is 0.349 e. The summed E-state index contributed by atoms with van der Waals surface area (Å²) in [6, 6.07) is 9.71. The summed E-state index contributed by atoms with van der Waals surface area (Å²) in [5, 5.41) is 0.726. The molecule has 0 fully saturated rings. The SMILES string of the molecule is CCOC(=O)c1cnc([C@H](Cc2ccccc2)NS(=O)C(C)(C)C)s1. The quantitative estimate of drug-likeness (QED) is 0.745. The van der Waals surface area contributed by atoms with Crippen LogP contribution in [0.15, 0.2) is 36.5 Å². The first-order valence-corrected chi connectivity index (χ1v) is 10.1. The molecule has 0 amide bonds. The van der Waals surface area contributed by atoms with Crippen molar-refractivity contribution in [3.8, 4) is 0 Å². The number of carbonyl (C=O) groups is 1. The van der Waals surface area contributed by atoms with Crippen LogP contribution in [-0.2, 0) is 22.1 Å². The summed E-state index contributed by atoms with van der Waals surface area (Å²) in [6.07, 6.45) is 2.16. The summed E-state index contributed by atoms with van der Waals surface area (Å²) >= 11 is 1.28. The molecule has 0 spiro atoms. The van der Waals surface area contributed by atoms with Crippen LogP contribution in [0.5, 0.6) is 0 Å². The van der Waals surface area contributed by atoms with Crippen molar-refractivity contribution in [3.05, 3.63) is 52.0 Å². The number of rotatable bonds is 7. The molecule has 25 heavy (non-hydrogen) atoms. The van der Waals surface area contributed by atoms with E-state index in [0.29, 0.717) is 17.9 Å². The van der Waals surface area contributed by atoms with E-state index in [2.05, 4.69) is 9.71 Å². The van der Waals surface area contributed by atoms with E-state index in [0.717, 1.165) is 10.6 Å². The third-order valence-corrected chi connectivity index (χ3v) is 6.09. The predicted molar refractivity (Wildman–Crippen MR) is 102 cm³/mol. The Morgan fingerprint density at radius 1 is 1.32 bits per heavy atom. The Morgan fingerprint density at radius 2 is 2.00 bits per heavy atom. The second kappa shape index (κ2) is 8.69. The minimum atomic E-state index is -1.25. The molecule has 2 aromatic rings. The Kier molecular flexibility index (Phi) is 6.87. The first kappa shape index (κ1) is 19.8. The van der Waals surface area contributed by atoms with Crippen LogP contribution < -0.4 is 4.72 Å². The van der Waals surface area contributed by atoms with Gasteiger partial charge in [-0.1, -0.05) is 30.3 Å². The summed E-state index contributed by atoms with van der Waals surface area (Å²) in [6.45, 7) is 7.85. The maximum absolute atomic E-state index is 12.6. The maximum atomic E-state index is 12.6. The molecule has 1 unspecified atom stereocenters. The molecular formula is C18H24N2O3S2. The molecule has 1 aromatic carbocycles. The summed E-state index contributed by atoms with van der Waals surface area (Å²) in [4.78, 5) is 16.7. The number of benzene rings is 1. The first-order chi connectivity index (χ1) is 11.8. The monoisotopic (exact) mass is 380 g/mol. The Morgan fingerprint density at radius 3 is 2.60 bits per heavy atom. The lowest BCUT2D eigenvalue weighted by Gasteiger charge is -2.23. The summed E-state index contributed by atoms with van der Waals surface area (Å²) < 4.78 is 20.4. The van der Waals surface area contributed by atoms with Crippen LogP contribution in [0.3, 0.4) is 0 Å². The van der Waals surface area contributed by atoms with E-state index in [1.165, 1.54) is 17.5 Å². The van der Waals surface area contributed by atoms with Crippen molar-refractivity contribution in [2.75, 3.05) is 6.61 Å². The molecule has 2 rings (SSSR count). The molecule has 0 bridgehead atoms. The average molecular weight is 381 g/mol. The highest BCUT2D eigenvalue weighted by molar-refractivity contribution is 7.84. The van der Waals surface area contributed by atoms with Crippen molar-refractivity contribution in [2.24, 2.45) is 0 Å². The van der Waals surface area contributed by atoms with Gasteiger partial charge < -0.3 is 4.74 Å². The lowest BCUT2D eigenvalue weighted by Crippen LogP contribution is -2.36. The Bertz CT molecular complexity index is 723. The van der Waals surface area contributed by atoms with Gasteiger partial charge in [-0.25, -0.2) is 18.7 Å². The van der Waals surface area contributed by atoms with Gasteiger partial charge in [0.15, 0.2) is 0 Å². The number of esters is 1. The zero-order valence-corrected chi connectivity index (χ0v) is 16.6. The van der Waals surface area contributed by atoms with Crippen molar-refractivity contribution in [2.45, 2.75) is 44.9 Å². The zero-order chi connectivity index (χ0) is 18.4. The number of ether oxygens (including phenoxy) is 1. The molecule has 7 heteroatoms. The van der Waals surface area contributed by atoms with E-state index in [-0.39, 0.29) is 12.0 Å². The molecule has 0 aliphatic heterocycles. The van der Waals surface area contributed by atoms with E-state index in [4.69, 9.17) is 4.74 Å². The molecule has 1 aromatic heterocycles. The first-order valence-electron chi connectivity index (χ1n) is 8.16. The molecule has 0 aliphatic carbocycles. The molecule has 0 radical (unpaired) electrons. The highest BCUT2D eigenvalue weighted by Crippen LogP contribution is 2.26. The van der Waals surface area contributed by atoms with Gasteiger partial charge in [0, 0.05) is 0 Å². The van der Waals surface area contributed by atoms with Crippen LogP contribution in [0.2, 0.25) is 0 Å². The number of hydrogen-bond donors (Lipinski definition) is 1. The van der Waals surface area contributed by atoms with Crippen LogP contribution in [-0.4, -0.2) is 26.5 Å². The molecule has 1 heterocycles. The van der Waals surface area contributed by atoms with Gasteiger partial charge in [0.05, 0.1) is 34.6 Å². The van der Waals surface area contributed by atoms with Crippen LogP contribution in [0.25, 0.3) is 0 Å². The largest absolute Gasteiger partial charge is 0.462 e. The van der Waals surface area contributed by atoms with Crippen LogP contribution in [0.4, 0.5) is 0 Å². The van der Waals surface area contributed by atoms with E-state index in [9.17, 15) is 9.00 Å². The zero-order valence-electron chi connectivity index (χ0n) is 14.9. The predicted octanol–water partition coefficient (Wildman–Crippen LogP) is 3.66. The highest BCUT2D eigenvalue weighted by atomic mass is 32.2. The second-order valence-corrected chi connectivity index (χ2v) is 9.58. The van der Waals surface area contributed by atoms with Gasteiger partial charge in [-0.05, 0) is 39.7 Å². The van der Waals surface area contributed by atoms with Gasteiger partial charge >= 0.3 is 5.97 Å². The Balaban J connectivity index is 2.24. The third kappa shape index (κ3) is 5.73. The summed E-state index contributed by atoms with van der Waals surface area (Å²) in [5.74, 6) is -0.373. The number of carbonyl (C=O) groups excluding carboxylic acids is 1. The standard InChI is InChI=1S/C18H24N2O3S2/c1-5-23-17(21)15-12-19-16(24-15)14(20-25(22)18(2,3)4)11-13-9-7-6-8-10-13/h6-10,12,14,20H,5,11H2,1-4H3/t14-,25?/m0/s1. The van der Waals surface area contributed by atoms with Crippen molar-refractivity contribution >= 4 is 28.3 Å². The minimum absolute atomic E-state index is 0.240. The van der Waals surface area contributed by atoms with Crippen LogP contribution >= 0.6 is 11.3 Å². The molecule has 5 nitrogen and oxygen atoms in total. The molecular weight excluding hydrogens is 356 g/mol. The lowest BCUT2D eigenvalue weighted by atomic mass is 10.1. The molecule has 0 saturated heterocycles. The van der Waals surface area contributed by atoms with Gasteiger partial charge in [-0.3, -0.25) is 0 Å². The number of hydrogen-bond acceptors (Lipinski definition) is 5.